The van der Waals surface area contributed by atoms with E-state index >= 15 is 0 Å². The Morgan fingerprint density at radius 1 is 1.23 bits per heavy atom. The van der Waals surface area contributed by atoms with Gasteiger partial charge in [0.15, 0.2) is 0 Å². The van der Waals surface area contributed by atoms with E-state index in [1.165, 1.54) is 25.7 Å². The van der Waals surface area contributed by atoms with Crippen molar-refractivity contribution < 1.29 is 14.4 Å². The Labute approximate surface area is 130 Å². The largest absolute Gasteiger partial charge is 0.351 e. The minimum absolute atomic E-state index is 0.150. The molecule has 0 bridgehead atoms. The molecule has 3 aliphatic carbocycles. The van der Waals surface area contributed by atoms with E-state index in [9.17, 15) is 14.4 Å². The molecule has 4 fully saturated rings. The molecule has 1 aliphatic heterocycles. The highest BCUT2D eigenvalue weighted by Gasteiger charge is 2.56. The Morgan fingerprint density at radius 3 is 2.32 bits per heavy atom. The zero-order chi connectivity index (χ0) is 15.5. The lowest BCUT2D eigenvalue weighted by molar-refractivity contribution is -0.135. The van der Waals surface area contributed by atoms with Gasteiger partial charge in [-0.2, -0.15) is 0 Å². The minimum Gasteiger partial charge on any atom is -0.351 e. The SMILES string of the molecule is CC1(C2CC2)NC(=O)N(CC(=O)NC(C2CC2)C2CC2)C1=O. The Balaban J connectivity index is 1.38. The first-order chi connectivity index (χ1) is 10.5. The average Bonchev–Trinajstić information content (AvgIpc) is 3.35. The van der Waals surface area contributed by atoms with Gasteiger partial charge in [0.2, 0.25) is 5.91 Å². The smallest absolute Gasteiger partial charge is 0.325 e. The lowest BCUT2D eigenvalue weighted by Crippen LogP contribution is -2.48. The predicted molar refractivity (Wildman–Crippen MR) is 78.8 cm³/mol. The van der Waals surface area contributed by atoms with Crippen LogP contribution in [0.5, 0.6) is 0 Å². The molecule has 0 radical (unpaired) electrons. The summed E-state index contributed by atoms with van der Waals surface area (Å²) in [5.41, 5.74) is -0.802. The van der Waals surface area contributed by atoms with Crippen LogP contribution in [0.2, 0.25) is 0 Å². The molecule has 2 N–H and O–H groups in total. The number of nitrogens with one attached hydrogen (secondary N) is 2. The number of urea groups is 1. The van der Waals surface area contributed by atoms with E-state index in [0.717, 1.165) is 17.7 Å². The summed E-state index contributed by atoms with van der Waals surface area (Å²) in [6.45, 7) is 1.63. The van der Waals surface area contributed by atoms with E-state index in [4.69, 9.17) is 0 Å². The summed E-state index contributed by atoms with van der Waals surface area (Å²) in [5.74, 6) is 0.993. The second kappa shape index (κ2) is 4.70. The molecule has 1 atom stereocenters. The molecule has 0 spiro atoms. The number of hydrogen-bond donors (Lipinski definition) is 2. The van der Waals surface area contributed by atoms with Crippen molar-refractivity contribution in [3.8, 4) is 0 Å². The number of rotatable bonds is 6. The van der Waals surface area contributed by atoms with Crippen LogP contribution in [-0.4, -0.2) is 40.9 Å². The van der Waals surface area contributed by atoms with Crippen LogP contribution in [0.25, 0.3) is 0 Å². The van der Waals surface area contributed by atoms with E-state index in [1.54, 1.807) is 6.92 Å². The Hall–Kier alpha value is -1.59. The van der Waals surface area contributed by atoms with Crippen molar-refractivity contribution in [2.75, 3.05) is 6.54 Å². The van der Waals surface area contributed by atoms with Crippen molar-refractivity contribution in [1.82, 2.24) is 15.5 Å². The molecular weight excluding hydrogens is 282 g/mol. The van der Waals surface area contributed by atoms with Crippen LogP contribution in [0.3, 0.4) is 0 Å². The molecule has 1 saturated heterocycles. The molecule has 6 heteroatoms. The van der Waals surface area contributed by atoms with Gasteiger partial charge < -0.3 is 10.6 Å². The first-order valence-electron chi connectivity index (χ1n) is 8.42. The Bertz CT molecular complexity index is 525. The van der Waals surface area contributed by atoms with Crippen LogP contribution in [0, 0.1) is 17.8 Å². The molecule has 4 amide bonds. The molecule has 0 aromatic rings. The first-order valence-corrected chi connectivity index (χ1v) is 8.42. The van der Waals surface area contributed by atoms with Gasteiger partial charge in [-0.3, -0.25) is 14.5 Å². The highest BCUT2D eigenvalue weighted by molar-refractivity contribution is 6.09. The number of hydrogen-bond acceptors (Lipinski definition) is 3. The van der Waals surface area contributed by atoms with Crippen LogP contribution < -0.4 is 10.6 Å². The number of nitrogens with zero attached hydrogens (tertiary/aromatic N) is 1. The van der Waals surface area contributed by atoms with Gasteiger partial charge in [-0.25, -0.2) is 4.79 Å². The number of imide groups is 1. The molecule has 6 nitrogen and oxygen atoms in total. The van der Waals surface area contributed by atoms with Crippen molar-refractivity contribution in [1.29, 1.82) is 0 Å². The minimum atomic E-state index is -0.802. The molecule has 4 aliphatic rings. The van der Waals surface area contributed by atoms with Gasteiger partial charge in [0.25, 0.3) is 5.91 Å². The van der Waals surface area contributed by atoms with Crippen LogP contribution in [0.1, 0.15) is 45.4 Å². The lowest BCUT2D eigenvalue weighted by Gasteiger charge is -2.22. The molecule has 22 heavy (non-hydrogen) atoms. The maximum atomic E-state index is 12.5. The lowest BCUT2D eigenvalue weighted by atomic mass is 9.96. The standard InChI is InChI=1S/C16H23N3O3/c1-16(11-6-7-11)14(21)19(15(22)18-16)8-12(20)17-13(9-2-3-9)10-4-5-10/h9-11,13H,2-8H2,1H3,(H,17,20)(H,18,22). The van der Waals surface area contributed by atoms with Gasteiger partial charge >= 0.3 is 6.03 Å². The topological polar surface area (TPSA) is 78.5 Å². The van der Waals surface area contributed by atoms with E-state index in [1.807, 2.05) is 0 Å². The fourth-order valence-corrected chi connectivity index (χ4v) is 3.70. The Morgan fingerprint density at radius 2 is 1.82 bits per heavy atom. The summed E-state index contributed by atoms with van der Waals surface area (Å²) in [6, 6.07) is -0.174. The zero-order valence-electron chi connectivity index (χ0n) is 12.9. The van der Waals surface area contributed by atoms with Gasteiger partial charge in [-0.1, -0.05) is 0 Å². The maximum absolute atomic E-state index is 12.5. The molecule has 4 rings (SSSR count). The zero-order valence-corrected chi connectivity index (χ0v) is 12.9. The van der Waals surface area contributed by atoms with Crippen molar-refractivity contribution in [2.24, 2.45) is 17.8 Å². The third kappa shape index (κ3) is 2.38. The summed E-state index contributed by atoms with van der Waals surface area (Å²) in [6.07, 6.45) is 6.67. The number of amides is 4. The third-order valence-corrected chi connectivity index (χ3v) is 5.58. The maximum Gasteiger partial charge on any atom is 0.325 e. The van der Waals surface area contributed by atoms with Gasteiger partial charge in [-0.15, -0.1) is 0 Å². The van der Waals surface area contributed by atoms with E-state index in [0.29, 0.717) is 11.8 Å². The molecule has 3 saturated carbocycles. The second-order valence-electron chi connectivity index (χ2n) is 7.57. The summed E-state index contributed by atoms with van der Waals surface area (Å²) in [7, 11) is 0. The first kappa shape index (κ1) is 14.0. The summed E-state index contributed by atoms with van der Waals surface area (Å²) < 4.78 is 0. The normalized spacial score (nSPS) is 31.6. The van der Waals surface area contributed by atoms with E-state index in [2.05, 4.69) is 10.6 Å². The molecule has 120 valence electrons. The predicted octanol–water partition coefficient (Wildman–Crippen LogP) is 1.01. The summed E-state index contributed by atoms with van der Waals surface area (Å²) in [5, 5.41) is 5.85. The van der Waals surface area contributed by atoms with E-state index in [-0.39, 0.29) is 30.3 Å². The second-order valence-corrected chi connectivity index (χ2v) is 7.57. The van der Waals surface area contributed by atoms with Crippen molar-refractivity contribution in [2.45, 2.75) is 57.0 Å². The van der Waals surface area contributed by atoms with Crippen molar-refractivity contribution >= 4 is 17.8 Å². The van der Waals surface area contributed by atoms with Gasteiger partial charge in [0.05, 0.1) is 0 Å². The number of carbonyl (C=O) groups excluding carboxylic acids is 3. The summed E-state index contributed by atoms with van der Waals surface area (Å²) in [4.78, 5) is 37.9. The average molecular weight is 305 g/mol. The fraction of sp³-hybridized carbons (Fsp3) is 0.812. The van der Waals surface area contributed by atoms with Crippen LogP contribution in [-0.2, 0) is 9.59 Å². The monoisotopic (exact) mass is 305 g/mol. The highest BCUT2D eigenvalue weighted by atomic mass is 16.2. The van der Waals surface area contributed by atoms with Gasteiger partial charge in [-0.05, 0) is 63.2 Å². The molecule has 0 aromatic heterocycles. The Kier molecular flexibility index (Phi) is 3.00. The van der Waals surface area contributed by atoms with Crippen LogP contribution in [0.4, 0.5) is 4.79 Å². The quantitative estimate of drug-likeness (QED) is 0.719. The van der Waals surface area contributed by atoms with Crippen LogP contribution in [0.15, 0.2) is 0 Å². The van der Waals surface area contributed by atoms with Gasteiger partial charge in [0, 0.05) is 6.04 Å². The van der Waals surface area contributed by atoms with Crippen LogP contribution >= 0.6 is 0 Å². The van der Waals surface area contributed by atoms with E-state index < -0.39 is 11.6 Å². The fourth-order valence-electron chi connectivity index (χ4n) is 3.70. The molecule has 1 heterocycles. The third-order valence-electron chi connectivity index (χ3n) is 5.58. The molecular formula is C16H23N3O3. The van der Waals surface area contributed by atoms with Gasteiger partial charge in [0.1, 0.15) is 12.1 Å². The van der Waals surface area contributed by atoms with Crippen molar-refractivity contribution in [3.05, 3.63) is 0 Å². The number of carbonyl (C=O) groups is 3. The molecule has 0 aromatic carbocycles. The molecule has 1 unspecified atom stereocenters. The van der Waals surface area contributed by atoms with Crippen molar-refractivity contribution in [3.63, 3.8) is 0 Å². The highest BCUT2D eigenvalue weighted by Crippen LogP contribution is 2.45. The summed E-state index contributed by atoms with van der Waals surface area (Å²) >= 11 is 0.